The van der Waals surface area contributed by atoms with E-state index in [9.17, 15) is 18.0 Å². The predicted octanol–water partition coefficient (Wildman–Crippen LogP) is 1.32. The Hall–Kier alpha value is -0.850. The van der Waals surface area contributed by atoms with Gasteiger partial charge in [0.1, 0.15) is 6.54 Å². The average Bonchev–Trinajstić information content (AvgIpc) is 2.10. The number of thiocarbonyl (C=S) groups is 1. The fraction of sp³-hybridized carbons (Fsp3) is 0.750. The second kappa shape index (κ2) is 5.29. The third-order valence-electron chi connectivity index (χ3n) is 1.86. The van der Waals surface area contributed by atoms with Gasteiger partial charge in [0.05, 0.1) is 10.9 Å². The van der Waals surface area contributed by atoms with Crippen LogP contribution < -0.4 is 5.73 Å². The zero-order valence-electron chi connectivity index (χ0n) is 8.47. The normalized spacial score (nSPS) is 13.4. The van der Waals surface area contributed by atoms with Crippen molar-refractivity contribution in [3.63, 3.8) is 0 Å². The number of rotatable bonds is 4. The second-order valence-corrected chi connectivity index (χ2v) is 3.56. The van der Waals surface area contributed by atoms with Crippen LogP contribution in [0.1, 0.15) is 13.8 Å². The zero-order chi connectivity index (χ0) is 12.2. The van der Waals surface area contributed by atoms with Crippen molar-refractivity contribution >= 4 is 23.1 Å². The lowest BCUT2D eigenvalue weighted by molar-refractivity contribution is -0.161. The lowest BCUT2D eigenvalue weighted by atomic mass is 10.1. The number of nitrogens with zero attached hydrogens (tertiary/aromatic N) is 1. The number of halogens is 3. The molecule has 1 amide bonds. The number of amides is 1. The van der Waals surface area contributed by atoms with Crippen molar-refractivity contribution in [1.29, 1.82) is 0 Å². The summed E-state index contributed by atoms with van der Waals surface area (Å²) >= 11 is 4.55. The third-order valence-corrected chi connectivity index (χ3v) is 2.21. The van der Waals surface area contributed by atoms with E-state index < -0.39 is 24.5 Å². The molecule has 1 atom stereocenters. The summed E-state index contributed by atoms with van der Waals surface area (Å²) in [7, 11) is 0. The van der Waals surface area contributed by atoms with E-state index in [1.165, 1.54) is 13.8 Å². The molecule has 0 bridgehead atoms. The van der Waals surface area contributed by atoms with Crippen LogP contribution in [0, 0.1) is 5.92 Å². The second-order valence-electron chi connectivity index (χ2n) is 3.09. The molecule has 0 aliphatic rings. The molecule has 3 nitrogen and oxygen atoms in total. The Morgan fingerprint density at radius 2 is 2.00 bits per heavy atom. The summed E-state index contributed by atoms with van der Waals surface area (Å²) in [5, 5.41) is 0. The van der Waals surface area contributed by atoms with Crippen molar-refractivity contribution in [3.8, 4) is 0 Å². The molecule has 2 N–H and O–H groups in total. The Morgan fingerprint density at radius 3 is 2.27 bits per heavy atom. The number of hydrogen-bond acceptors (Lipinski definition) is 2. The predicted molar refractivity (Wildman–Crippen MR) is 54.3 cm³/mol. The van der Waals surface area contributed by atoms with Gasteiger partial charge in [-0.15, -0.1) is 0 Å². The first kappa shape index (κ1) is 14.2. The highest BCUT2D eigenvalue weighted by molar-refractivity contribution is 7.80. The first-order valence-electron chi connectivity index (χ1n) is 4.34. The van der Waals surface area contributed by atoms with Gasteiger partial charge in [-0.25, -0.2) is 0 Å². The number of carbonyl (C=O) groups excluding carboxylic acids is 1. The molecule has 0 saturated heterocycles. The van der Waals surface area contributed by atoms with Crippen LogP contribution in [-0.2, 0) is 4.79 Å². The highest BCUT2D eigenvalue weighted by atomic mass is 32.1. The van der Waals surface area contributed by atoms with Crippen molar-refractivity contribution < 1.29 is 18.0 Å². The maximum atomic E-state index is 12.1. The Bertz CT molecular complexity index is 255. The fourth-order valence-electron chi connectivity index (χ4n) is 0.958. The van der Waals surface area contributed by atoms with E-state index in [0.717, 1.165) is 0 Å². The van der Waals surface area contributed by atoms with E-state index in [2.05, 4.69) is 12.2 Å². The molecule has 0 fully saturated rings. The van der Waals surface area contributed by atoms with Crippen molar-refractivity contribution in [3.05, 3.63) is 0 Å². The maximum Gasteiger partial charge on any atom is 0.406 e. The lowest BCUT2D eigenvalue weighted by Crippen LogP contribution is -2.44. The van der Waals surface area contributed by atoms with Crippen LogP contribution in [0.3, 0.4) is 0 Å². The van der Waals surface area contributed by atoms with Crippen molar-refractivity contribution in [1.82, 2.24) is 4.90 Å². The van der Waals surface area contributed by atoms with Crippen LogP contribution in [0.4, 0.5) is 13.2 Å². The molecule has 0 aromatic rings. The summed E-state index contributed by atoms with van der Waals surface area (Å²) in [6, 6.07) is 0. The minimum absolute atomic E-state index is 0.0225. The van der Waals surface area contributed by atoms with Gasteiger partial charge in [0.2, 0.25) is 5.91 Å². The average molecular weight is 242 g/mol. The molecule has 0 aromatic carbocycles. The molecule has 0 aromatic heterocycles. The summed E-state index contributed by atoms with van der Waals surface area (Å²) in [5.74, 6) is -1.55. The number of hydrogen-bond donors (Lipinski definition) is 1. The van der Waals surface area contributed by atoms with Crippen molar-refractivity contribution in [2.75, 3.05) is 13.1 Å². The quantitative estimate of drug-likeness (QED) is 0.756. The van der Waals surface area contributed by atoms with E-state index in [0.29, 0.717) is 4.90 Å². The minimum atomic E-state index is -4.40. The first-order valence-corrected chi connectivity index (χ1v) is 4.74. The SMILES string of the molecule is CCN(CC(F)(F)F)C(=O)C(C)C(N)=S. The molecule has 0 radical (unpaired) electrons. The fourth-order valence-corrected chi connectivity index (χ4v) is 1.06. The van der Waals surface area contributed by atoms with E-state index in [1.807, 2.05) is 0 Å². The van der Waals surface area contributed by atoms with Gasteiger partial charge in [-0.2, -0.15) is 13.2 Å². The molecule has 7 heteroatoms. The van der Waals surface area contributed by atoms with E-state index in [-0.39, 0.29) is 11.5 Å². The lowest BCUT2D eigenvalue weighted by Gasteiger charge is -2.24. The van der Waals surface area contributed by atoms with Gasteiger partial charge in [-0.1, -0.05) is 12.2 Å². The van der Waals surface area contributed by atoms with Gasteiger partial charge in [-0.3, -0.25) is 4.79 Å². The number of alkyl halides is 3. The van der Waals surface area contributed by atoms with Crippen LogP contribution >= 0.6 is 12.2 Å². The monoisotopic (exact) mass is 242 g/mol. The van der Waals surface area contributed by atoms with Crippen LogP contribution in [0.15, 0.2) is 0 Å². The van der Waals surface area contributed by atoms with Gasteiger partial charge in [0.25, 0.3) is 0 Å². The molecule has 88 valence electrons. The van der Waals surface area contributed by atoms with Crippen LogP contribution in [0.5, 0.6) is 0 Å². The van der Waals surface area contributed by atoms with E-state index in [4.69, 9.17) is 5.73 Å². The van der Waals surface area contributed by atoms with Gasteiger partial charge < -0.3 is 10.6 Å². The molecule has 0 saturated carbocycles. The van der Waals surface area contributed by atoms with Crippen molar-refractivity contribution in [2.24, 2.45) is 11.7 Å². The molecular formula is C8H13F3N2OS. The van der Waals surface area contributed by atoms with E-state index in [1.54, 1.807) is 0 Å². The Kier molecular flexibility index (Phi) is 4.99. The maximum absolute atomic E-state index is 12.1. The molecule has 0 heterocycles. The van der Waals surface area contributed by atoms with Crippen molar-refractivity contribution in [2.45, 2.75) is 20.0 Å². The topological polar surface area (TPSA) is 46.3 Å². The highest BCUT2D eigenvalue weighted by Crippen LogP contribution is 2.17. The molecule has 1 unspecified atom stereocenters. The standard InChI is InChI=1S/C8H13F3N2OS/c1-3-13(4-8(9,10)11)7(14)5(2)6(12)15/h5H,3-4H2,1-2H3,(H2,12,15). The summed E-state index contributed by atoms with van der Waals surface area (Å²) in [5.41, 5.74) is 5.20. The smallest absolute Gasteiger partial charge is 0.393 e. The summed E-state index contributed by atoms with van der Waals surface area (Å²) in [4.78, 5) is 12.0. The Morgan fingerprint density at radius 1 is 1.53 bits per heavy atom. The zero-order valence-corrected chi connectivity index (χ0v) is 9.28. The Balaban J connectivity index is 4.55. The summed E-state index contributed by atoms with van der Waals surface area (Å²) in [6.45, 7) is 1.57. The molecule has 0 aliphatic carbocycles. The van der Waals surface area contributed by atoms with Gasteiger partial charge >= 0.3 is 6.18 Å². The molecular weight excluding hydrogens is 229 g/mol. The van der Waals surface area contributed by atoms with Gasteiger partial charge in [-0.05, 0) is 13.8 Å². The summed E-state index contributed by atoms with van der Waals surface area (Å²) < 4.78 is 36.2. The van der Waals surface area contributed by atoms with E-state index >= 15 is 0 Å². The Labute approximate surface area is 91.4 Å². The third kappa shape index (κ3) is 4.96. The molecule has 0 spiro atoms. The number of carbonyl (C=O) groups is 1. The first-order chi connectivity index (χ1) is 6.69. The minimum Gasteiger partial charge on any atom is -0.393 e. The van der Waals surface area contributed by atoms with Gasteiger partial charge in [0.15, 0.2) is 0 Å². The number of nitrogens with two attached hydrogens (primary N) is 1. The van der Waals surface area contributed by atoms with Gasteiger partial charge in [0, 0.05) is 6.54 Å². The van der Waals surface area contributed by atoms with Crippen LogP contribution in [0.2, 0.25) is 0 Å². The van der Waals surface area contributed by atoms with Crippen LogP contribution in [-0.4, -0.2) is 35.1 Å². The van der Waals surface area contributed by atoms with Crippen LogP contribution in [0.25, 0.3) is 0 Å². The molecule has 0 aliphatic heterocycles. The largest absolute Gasteiger partial charge is 0.406 e. The highest BCUT2D eigenvalue weighted by Gasteiger charge is 2.34. The summed E-state index contributed by atoms with van der Waals surface area (Å²) in [6.07, 6.45) is -4.40. The molecule has 0 rings (SSSR count). The molecule has 15 heavy (non-hydrogen) atoms.